The van der Waals surface area contributed by atoms with Crippen molar-refractivity contribution in [2.24, 2.45) is 4.99 Å². The molecule has 0 aliphatic rings. The van der Waals surface area contributed by atoms with Gasteiger partial charge in [-0.25, -0.2) is 9.78 Å². The average Bonchev–Trinajstić information content (AvgIpc) is 2.85. The molecule has 7 nitrogen and oxygen atoms in total. The van der Waals surface area contributed by atoms with Crippen LogP contribution in [0, 0.1) is 6.92 Å². The van der Waals surface area contributed by atoms with E-state index in [1.807, 2.05) is 33.2 Å². The number of hydrogen-bond acceptors (Lipinski definition) is 5. The van der Waals surface area contributed by atoms with E-state index >= 15 is 0 Å². The van der Waals surface area contributed by atoms with E-state index in [-0.39, 0.29) is 6.09 Å². The minimum Gasteiger partial charge on any atom is -0.444 e. The zero-order chi connectivity index (χ0) is 17.3. The van der Waals surface area contributed by atoms with Crippen LogP contribution in [0.5, 0.6) is 0 Å². The first-order chi connectivity index (χ1) is 10.8. The summed E-state index contributed by atoms with van der Waals surface area (Å²) in [5, 5.41) is 9.17. The third-order valence-corrected chi connectivity index (χ3v) is 3.73. The zero-order valence-corrected chi connectivity index (χ0v) is 15.3. The number of hydrogen-bond donors (Lipinski definition) is 3. The molecule has 0 aliphatic heterocycles. The van der Waals surface area contributed by atoms with Crippen LogP contribution in [0.15, 0.2) is 10.5 Å². The van der Waals surface area contributed by atoms with Crippen LogP contribution >= 0.6 is 11.3 Å². The van der Waals surface area contributed by atoms with Crippen molar-refractivity contribution in [3.05, 3.63) is 16.1 Å². The normalized spacial score (nSPS) is 12.0. The molecule has 0 aromatic carbocycles. The number of nitrogens with one attached hydrogen (secondary N) is 3. The monoisotopic (exact) mass is 341 g/mol. The van der Waals surface area contributed by atoms with Crippen LogP contribution in [0.4, 0.5) is 4.79 Å². The molecular weight excluding hydrogens is 314 g/mol. The molecule has 3 N–H and O–H groups in total. The van der Waals surface area contributed by atoms with Crippen LogP contribution in [0.1, 0.15) is 37.8 Å². The first-order valence-electron chi connectivity index (χ1n) is 7.62. The van der Waals surface area contributed by atoms with Crippen LogP contribution < -0.4 is 16.0 Å². The van der Waals surface area contributed by atoms with E-state index < -0.39 is 5.60 Å². The summed E-state index contributed by atoms with van der Waals surface area (Å²) in [4.78, 5) is 21.1. The Hall–Kier alpha value is -1.83. The van der Waals surface area contributed by atoms with E-state index in [9.17, 15) is 4.79 Å². The number of carbonyl (C=O) groups excluding carboxylic acids is 1. The second-order valence-corrected chi connectivity index (χ2v) is 6.94. The quantitative estimate of drug-likeness (QED) is 0.419. The van der Waals surface area contributed by atoms with Crippen LogP contribution in [-0.2, 0) is 11.3 Å². The molecule has 0 unspecified atom stereocenters. The van der Waals surface area contributed by atoms with Gasteiger partial charge in [0.15, 0.2) is 5.96 Å². The molecule has 0 saturated carbocycles. The maximum absolute atomic E-state index is 11.5. The third kappa shape index (κ3) is 8.39. The van der Waals surface area contributed by atoms with Crippen molar-refractivity contribution in [2.45, 2.75) is 46.3 Å². The highest BCUT2D eigenvalue weighted by molar-refractivity contribution is 7.09. The van der Waals surface area contributed by atoms with E-state index in [2.05, 4.69) is 25.9 Å². The number of amides is 1. The third-order valence-electron chi connectivity index (χ3n) is 2.80. The Labute approximate surface area is 141 Å². The van der Waals surface area contributed by atoms with Gasteiger partial charge in [0.05, 0.1) is 17.7 Å². The van der Waals surface area contributed by atoms with Crippen LogP contribution in [-0.4, -0.2) is 42.8 Å². The second kappa shape index (κ2) is 9.34. The van der Waals surface area contributed by atoms with E-state index in [4.69, 9.17) is 4.74 Å². The Morgan fingerprint density at radius 1 is 1.30 bits per heavy atom. The molecule has 23 heavy (non-hydrogen) atoms. The van der Waals surface area contributed by atoms with Gasteiger partial charge < -0.3 is 20.7 Å². The number of ether oxygens (including phenoxy) is 1. The maximum Gasteiger partial charge on any atom is 0.407 e. The molecule has 0 saturated heterocycles. The highest BCUT2D eigenvalue weighted by Crippen LogP contribution is 2.10. The highest BCUT2D eigenvalue weighted by atomic mass is 32.1. The van der Waals surface area contributed by atoms with Gasteiger partial charge in [-0.05, 0) is 34.1 Å². The molecule has 1 rings (SSSR count). The Morgan fingerprint density at radius 2 is 2.00 bits per heavy atom. The predicted molar refractivity (Wildman–Crippen MR) is 93.9 cm³/mol. The standard InChI is InChI=1S/C15H27N5O2S/c1-11-12(23-10-20-11)9-19-13(16-5)17-7-6-8-18-14(21)22-15(2,3)4/h10H,6-9H2,1-5H3,(H,18,21)(H2,16,17,19). The summed E-state index contributed by atoms with van der Waals surface area (Å²) in [5.41, 5.74) is 2.41. The van der Waals surface area contributed by atoms with Gasteiger partial charge in [-0.3, -0.25) is 4.99 Å². The SMILES string of the molecule is CN=C(NCCCNC(=O)OC(C)(C)C)NCc1scnc1C. The lowest BCUT2D eigenvalue weighted by Crippen LogP contribution is -2.39. The minimum absolute atomic E-state index is 0.388. The number of thiazole rings is 1. The highest BCUT2D eigenvalue weighted by Gasteiger charge is 2.15. The molecule has 0 bridgehead atoms. The van der Waals surface area contributed by atoms with Gasteiger partial charge in [0.1, 0.15) is 5.60 Å². The minimum atomic E-state index is -0.469. The van der Waals surface area contributed by atoms with Gasteiger partial charge in [0.25, 0.3) is 0 Å². The molecule has 1 heterocycles. The molecule has 8 heteroatoms. The van der Waals surface area contributed by atoms with Gasteiger partial charge in [-0.2, -0.15) is 0 Å². The molecule has 1 aromatic rings. The van der Waals surface area contributed by atoms with Gasteiger partial charge in [0, 0.05) is 25.0 Å². The number of rotatable bonds is 6. The molecule has 0 atom stereocenters. The van der Waals surface area contributed by atoms with Gasteiger partial charge in [-0.1, -0.05) is 0 Å². The lowest BCUT2D eigenvalue weighted by atomic mass is 10.2. The van der Waals surface area contributed by atoms with E-state index in [1.54, 1.807) is 18.4 Å². The van der Waals surface area contributed by atoms with Gasteiger partial charge in [-0.15, -0.1) is 11.3 Å². The Morgan fingerprint density at radius 3 is 2.57 bits per heavy atom. The number of guanidine groups is 1. The average molecular weight is 341 g/mol. The van der Waals surface area contributed by atoms with E-state index in [1.165, 1.54) is 4.88 Å². The molecule has 0 fully saturated rings. The van der Waals surface area contributed by atoms with Crippen molar-refractivity contribution in [3.8, 4) is 0 Å². The van der Waals surface area contributed by atoms with Crippen molar-refractivity contribution < 1.29 is 9.53 Å². The summed E-state index contributed by atoms with van der Waals surface area (Å²) in [7, 11) is 1.73. The lowest BCUT2D eigenvalue weighted by molar-refractivity contribution is 0.0527. The maximum atomic E-state index is 11.5. The molecule has 1 amide bonds. The molecule has 130 valence electrons. The van der Waals surface area contributed by atoms with E-state index in [0.717, 1.165) is 18.1 Å². The van der Waals surface area contributed by atoms with Crippen LogP contribution in [0.2, 0.25) is 0 Å². The fourth-order valence-corrected chi connectivity index (χ4v) is 2.40. The molecular formula is C15H27N5O2S. The summed E-state index contributed by atoms with van der Waals surface area (Å²) in [6, 6.07) is 0. The Bertz CT molecular complexity index is 522. The Kier molecular flexibility index (Phi) is 7.80. The smallest absolute Gasteiger partial charge is 0.407 e. The fraction of sp³-hybridized carbons (Fsp3) is 0.667. The van der Waals surface area contributed by atoms with Crippen LogP contribution in [0.25, 0.3) is 0 Å². The zero-order valence-electron chi connectivity index (χ0n) is 14.5. The number of nitrogens with zero attached hydrogens (tertiary/aromatic N) is 2. The molecule has 1 aromatic heterocycles. The number of aliphatic imine (C=N–C) groups is 1. The van der Waals surface area contributed by atoms with Crippen molar-refractivity contribution >= 4 is 23.4 Å². The predicted octanol–water partition coefficient (Wildman–Crippen LogP) is 2.03. The first kappa shape index (κ1) is 19.2. The number of alkyl carbamates (subject to hydrolysis) is 1. The molecule has 0 radical (unpaired) electrons. The van der Waals surface area contributed by atoms with Crippen molar-refractivity contribution in [2.75, 3.05) is 20.1 Å². The topological polar surface area (TPSA) is 87.6 Å². The number of aryl methyl sites for hydroxylation is 1. The van der Waals surface area contributed by atoms with Gasteiger partial charge in [0.2, 0.25) is 0 Å². The molecule has 0 aliphatic carbocycles. The summed E-state index contributed by atoms with van der Waals surface area (Å²) in [6.07, 6.45) is 0.389. The largest absolute Gasteiger partial charge is 0.444 e. The summed E-state index contributed by atoms with van der Waals surface area (Å²) < 4.78 is 5.17. The van der Waals surface area contributed by atoms with E-state index in [0.29, 0.717) is 19.6 Å². The van der Waals surface area contributed by atoms with Crippen LogP contribution in [0.3, 0.4) is 0 Å². The lowest BCUT2D eigenvalue weighted by Gasteiger charge is -2.19. The van der Waals surface area contributed by atoms with Crippen molar-refractivity contribution in [1.82, 2.24) is 20.9 Å². The Balaban J connectivity index is 2.16. The summed E-state index contributed by atoms with van der Waals surface area (Å²) in [5.74, 6) is 0.732. The van der Waals surface area contributed by atoms with Crippen molar-refractivity contribution in [3.63, 3.8) is 0 Å². The fourth-order valence-electron chi connectivity index (χ4n) is 1.68. The second-order valence-electron chi connectivity index (χ2n) is 6.00. The van der Waals surface area contributed by atoms with Crippen molar-refractivity contribution in [1.29, 1.82) is 0 Å². The summed E-state index contributed by atoms with van der Waals surface area (Å²) >= 11 is 1.62. The first-order valence-corrected chi connectivity index (χ1v) is 8.50. The number of aromatic nitrogens is 1. The molecule has 0 spiro atoms. The summed E-state index contributed by atoms with van der Waals surface area (Å²) in [6.45, 7) is 9.47. The van der Waals surface area contributed by atoms with Gasteiger partial charge >= 0.3 is 6.09 Å². The number of carbonyl (C=O) groups is 1.